The molecule has 0 saturated carbocycles. The molecule has 0 unspecified atom stereocenters. The van der Waals surface area contributed by atoms with E-state index >= 15 is 0 Å². The summed E-state index contributed by atoms with van der Waals surface area (Å²) >= 11 is 6.22. The Kier molecular flexibility index (Phi) is 6.40. The minimum atomic E-state index is -0.0759. The monoisotopic (exact) mass is 515 g/mol. The van der Waals surface area contributed by atoms with Crippen LogP contribution in [0.5, 0.6) is 11.5 Å². The second-order valence-electron chi connectivity index (χ2n) is 9.14. The number of hydrogen-bond donors (Lipinski definition) is 2. The van der Waals surface area contributed by atoms with Crippen LogP contribution in [0.25, 0.3) is 22.6 Å². The number of carbonyl (C=O) groups is 1. The molecule has 0 aliphatic carbocycles. The summed E-state index contributed by atoms with van der Waals surface area (Å²) in [5.74, 6) is 2.56. The molecule has 4 heterocycles. The zero-order chi connectivity index (χ0) is 25.2. The van der Waals surface area contributed by atoms with Crippen LogP contribution in [-0.4, -0.2) is 45.8 Å². The molecule has 8 nitrogen and oxygen atoms in total. The molecule has 0 atom stereocenters. The van der Waals surface area contributed by atoms with E-state index in [1.54, 1.807) is 6.20 Å². The van der Waals surface area contributed by atoms with Gasteiger partial charge in [-0.05, 0) is 54.8 Å². The van der Waals surface area contributed by atoms with Crippen LogP contribution >= 0.6 is 11.6 Å². The maximum atomic E-state index is 12.8. The molecule has 2 aromatic heterocycles. The lowest BCUT2D eigenvalue weighted by molar-refractivity contribution is 0.174. The maximum absolute atomic E-state index is 12.8. The Morgan fingerprint density at radius 1 is 1.05 bits per heavy atom. The van der Waals surface area contributed by atoms with Crippen molar-refractivity contribution in [2.45, 2.75) is 25.3 Å². The van der Waals surface area contributed by atoms with Crippen LogP contribution in [0.3, 0.4) is 0 Å². The first kappa shape index (κ1) is 23.4. The van der Waals surface area contributed by atoms with Crippen molar-refractivity contribution in [3.05, 3.63) is 83.3 Å². The Bertz CT molecular complexity index is 1420. The van der Waals surface area contributed by atoms with E-state index in [-0.39, 0.29) is 18.7 Å². The molecule has 9 heteroatoms. The molecule has 0 spiro atoms. The van der Waals surface area contributed by atoms with Crippen LogP contribution in [0, 0.1) is 0 Å². The summed E-state index contributed by atoms with van der Waals surface area (Å²) in [4.78, 5) is 27.8. The fourth-order valence-corrected chi connectivity index (χ4v) is 5.02. The molecule has 0 radical (unpaired) electrons. The minimum Gasteiger partial charge on any atom is -0.454 e. The van der Waals surface area contributed by atoms with Gasteiger partial charge >= 0.3 is 6.03 Å². The number of amides is 2. The van der Waals surface area contributed by atoms with Gasteiger partial charge in [0.05, 0.1) is 17.1 Å². The number of hydrogen-bond acceptors (Lipinski definition) is 5. The predicted molar refractivity (Wildman–Crippen MR) is 141 cm³/mol. The van der Waals surface area contributed by atoms with Gasteiger partial charge in [-0.25, -0.2) is 9.78 Å². The topological polar surface area (TPSA) is 92.4 Å². The number of fused-ring (bicyclic) bond motifs is 1. The molecule has 6 rings (SSSR count). The van der Waals surface area contributed by atoms with Crippen LogP contribution in [0.4, 0.5) is 4.79 Å². The highest BCUT2D eigenvalue weighted by Crippen LogP contribution is 2.39. The molecule has 1 fully saturated rings. The smallest absolute Gasteiger partial charge is 0.317 e. The average Bonchev–Trinajstić information content (AvgIpc) is 3.60. The molecule has 1 saturated heterocycles. The van der Waals surface area contributed by atoms with Gasteiger partial charge in [0, 0.05) is 42.3 Å². The fourth-order valence-electron chi connectivity index (χ4n) is 4.81. The molecule has 4 aromatic rings. The van der Waals surface area contributed by atoms with Crippen molar-refractivity contribution in [2.75, 3.05) is 19.9 Å². The van der Waals surface area contributed by atoms with Gasteiger partial charge in [-0.2, -0.15) is 0 Å². The van der Waals surface area contributed by atoms with E-state index in [0.29, 0.717) is 30.4 Å². The zero-order valence-corrected chi connectivity index (χ0v) is 20.9. The highest BCUT2D eigenvalue weighted by Gasteiger charge is 2.28. The minimum absolute atomic E-state index is 0.0759. The van der Waals surface area contributed by atoms with Gasteiger partial charge in [-0.15, -0.1) is 0 Å². The normalized spacial score (nSPS) is 15.1. The maximum Gasteiger partial charge on any atom is 0.317 e. The summed E-state index contributed by atoms with van der Waals surface area (Å²) in [6, 6.07) is 19.2. The largest absolute Gasteiger partial charge is 0.454 e. The van der Waals surface area contributed by atoms with Gasteiger partial charge in [-0.1, -0.05) is 35.9 Å². The molecule has 37 heavy (non-hydrogen) atoms. The zero-order valence-electron chi connectivity index (χ0n) is 20.1. The van der Waals surface area contributed by atoms with Crippen molar-refractivity contribution in [1.29, 1.82) is 0 Å². The van der Waals surface area contributed by atoms with E-state index in [2.05, 4.69) is 15.3 Å². The van der Waals surface area contributed by atoms with Crippen molar-refractivity contribution in [1.82, 2.24) is 25.2 Å². The Morgan fingerprint density at radius 3 is 2.68 bits per heavy atom. The highest BCUT2D eigenvalue weighted by atomic mass is 35.5. The third-order valence-electron chi connectivity index (χ3n) is 6.85. The van der Waals surface area contributed by atoms with E-state index < -0.39 is 0 Å². The van der Waals surface area contributed by atoms with E-state index in [9.17, 15) is 4.79 Å². The number of aromatic nitrogens is 3. The van der Waals surface area contributed by atoms with Crippen LogP contribution in [0.1, 0.15) is 30.1 Å². The molecule has 2 aromatic carbocycles. The molecule has 188 valence electrons. The molecular formula is C28H26ClN5O3. The number of aromatic amines is 1. The highest BCUT2D eigenvalue weighted by molar-refractivity contribution is 6.31. The molecule has 0 bridgehead atoms. The number of nitrogens with one attached hydrogen (secondary N) is 2. The third-order valence-corrected chi connectivity index (χ3v) is 7.21. The first-order chi connectivity index (χ1) is 18.2. The standard InChI is InChI=1S/C28H26ClN5O3/c29-21-6-2-1-5-20(21)16-31-28(35)34-13-10-18(11-14-34)27-32-25(26(33-27)22-7-3-4-12-30-22)19-8-9-23-24(15-19)37-17-36-23/h1-9,12,15,18H,10-11,13-14,16-17H2,(H,31,35)(H,32,33). The van der Waals surface area contributed by atoms with Crippen LogP contribution in [0.15, 0.2) is 66.9 Å². The SMILES string of the molecule is O=C(NCc1ccccc1Cl)N1CCC(c2nc(-c3ccc4c(c3)OCO4)c(-c3ccccn3)[nH]2)CC1. The van der Waals surface area contributed by atoms with Gasteiger partial charge in [0.2, 0.25) is 6.79 Å². The Morgan fingerprint density at radius 2 is 1.86 bits per heavy atom. The lowest BCUT2D eigenvalue weighted by Crippen LogP contribution is -2.44. The molecular weight excluding hydrogens is 490 g/mol. The van der Waals surface area contributed by atoms with Gasteiger partial charge in [0.1, 0.15) is 5.82 Å². The average molecular weight is 516 g/mol. The van der Waals surface area contributed by atoms with Crippen molar-refractivity contribution >= 4 is 17.6 Å². The number of pyridine rings is 1. The number of benzene rings is 2. The number of H-pyrrole nitrogens is 1. The van der Waals surface area contributed by atoms with Crippen LogP contribution < -0.4 is 14.8 Å². The van der Waals surface area contributed by atoms with Crippen LogP contribution in [-0.2, 0) is 6.54 Å². The van der Waals surface area contributed by atoms with E-state index in [0.717, 1.165) is 52.6 Å². The Balaban J connectivity index is 1.18. The van der Waals surface area contributed by atoms with Crippen molar-refractivity contribution in [3.8, 4) is 34.1 Å². The Hall–Kier alpha value is -4.04. The van der Waals surface area contributed by atoms with Gasteiger partial charge in [0.25, 0.3) is 0 Å². The number of piperidine rings is 1. The molecule has 2 aliphatic rings. The summed E-state index contributed by atoms with van der Waals surface area (Å²) in [5, 5.41) is 3.64. The second-order valence-corrected chi connectivity index (χ2v) is 9.55. The number of urea groups is 1. The first-order valence-electron chi connectivity index (χ1n) is 12.3. The first-order valence-corrected chi connectivity index (χ1v) is 12.7. The summed E-state index contributed by atoms with van der Waals surface area (Å²) < 4.78 is 11.1. The predicted octanol–water partition coefficient (Wildman–Crippen LogP) is 5.61. The van der Waals surface area contributed by atoms with E-state index in [1.165, 1.54) is 0 Å². The van der Waals surface area contributed by atoms with E-state index in [4.69, 9.17) is 26.1 Å². The van der Waals surface area contributed by atoms with E-state index in [1.807, 2.05) is 65.6 Å². The van der Waals surface area contributed by atoms with Crippen LogP contribution in [0.2, 0.25) is 5.02 Å². The quantitative estimate of drug-likeness (QED) is 0.360. The number of imidazole rings is 1. The number of halogens is 1. The second kappa shape index (κ2) is 10.1. The number of rotatable bonds is 5. The van der Waals surface area contributed by atoms with Crippen molar-refractivity contribution in [3.63, 3.8) is 0 Å². The van der Waals surface area contributed by atoms with Crippen molar-refractivity contribution < 1.29 is 14.3 Å². The lowest BCUT2D eigenvalue weighted by atomic mass is 9.96. The molecule has 2 aliphatic heterocycles. The molecule has 2 amide bonds. The Labute approximate surface area is 219 Å². The number of likely N-dealkylation sites (tertiary alicyclic amines) is 1. The lowest BCUT2D eigenvalue weighted by Gasteiger charge is -2.31. The summed E-state index contributed by atoms with van der Waals surface area (Å²) in [6.45, 7) is 1.93. The summed E-state index contributed by atoms with van der Waals surface area (Å²) in [7, 11) is 0. The number of carbonyl (C=O) groups excluding carboxylic acids is 1. The molecule has 2 N–H and O–H groups in total. The van der Waals surface area contributed by atoms with Crippen molar-refractivity contribution in [2.24, 2.45) is 0 Å². The van der Waals surface area contributed by atoms with Gasteiger partial charge < -0.3 is 24.7 Å². The fraction of sp³-hybridized carbons (Fsp3) is 0.250. The number of nitrogens with zero attached hydrogens (tertiary/aromatic N) is 3. The number of ether oxygens (including phenoxy) is 2. The summed E-state index contributed by atoms with van der Waals surface area (Å²) in [5.41, 5.74) is 4.36. The van der Waals surface area contributed by atoms with Gasteiger partial charge in [-0.3, -0.25) is 4.98 Å². The summed E-state index contributed by atoms with van der Waals surface area (Å²) in [6.07, 6.45) is 3.41. The van der Waals surface area contributed by atoms with Gasteiger partial charge in [0.15, 0.2) is 11.5 Å². The third kappa shape index (κ3) is 4.84.